The van der Waals surface area contributed by atoms with Crippen LogP contribution < -0.4 is 4.72 Å². The first-order chi connectivity index (χ1) is 6.83. The summed E-state index contributed by atoms with van der Waals surface area (Å²) in [5.41, 5.74) is 0. The van der Waals surface area contributed by atoms with Crippen LogP contribution in [0.1, 0.15) is 13.8 Å². The van der Waals surface area contributed by atoms with Gasteiger partial charge in [-0.05, 0) is 48.0 Å². The third kappa shape index (κ3) is 3.25. The number of hydrogen-bond donors (Lipinski definition) is 1. The molecular weight excluding hydrogens is 285 g/mol. The van der Waals surface area contributed by atoms with Crippen molar-refractivity contribution in [3.63, 3.8) is 0 Å². The van der Waals surface area contributed by atoms with Crippen LogP contribution in [0.15, 0.2) is 27.6 Å². The highest BCUT2D eigenvalue weighted by Gasteiger charge is 2.16. The topological polar surface area (TPSA) is 46.2 Å². The Hall–Kier alpha value is -0.460. The molecule has 0 spiro atoms. The summed E-state index contributed by atoms with van der Waals surface area (Å²) in [6.07, 6.45) is 0. The van der Waals surface area contributed by atoms with E-state index in [1.165, 1.54) is 12.1 Å². The van der Waals surface area contributed by atoms with E-state index in [0.29, 0.717) is 0 Å². The first-order valence-corrected chi connectivity index (χ1v) is 6.58. The average molecular weight is 296 g/mol. The van der Waals surface area contributed by atoms with E-state index in [-0.39, 0.29) is 15.4 Å². The fourth-order valence-corrected chi connectivity index (χ4v) is 2.83. The minimum Gasteiger partial charge on any atom is -0.209 e. The van der Waals surface area contributed by atoms with Gasteiger partial charge in [-0.3, -0.25) is 0 Å². The molecule has 0 aromatic heterocycles. The summed E-state index contributed by atoms with van der Waals surface area (Å²) >= 11 is 2.94. The van der Waals surface area contributed by atoms with E-state index in [1.807, 2.05) is 0 Å². The SMILES string of the molecule is CC(C)NS(=O)(=O)c1ccc(F)c(Br)c1. The molecule has 84 valence electrons. The Kier molecular flexibility index (Phi) is 3.86. The van der Waals surface area contributed by atoms with Crippen LogP contribution in [0, 0.1) is 5.82 Å². The summed E-state index contributed by atoms with van der Waals surface area (Å²) in [6, 6.07) is 3.38. The molecule has 1 aromatic rings. The molecule has 0 unspecified atom stereocenters. The van der Waals surface area contributed by atoms with Crippen LogP contribution in [-0.2, 0) is 10.0 Å². The molecule has 0 amide bonds. The number of rotatable bonds is 3. The first-order valence-electron chi connectivity index (χ1n) is 4.30. The van der Waals surface area contributed by atoms with E-state index in [2.05, 4.69) is 20.7 Å². The van der Waals surface area contributed by atoms with E-state index in [1.54, 1.807) is 13.8 Å². The van der Waals surface area contributed by atoms with Crippen molar-refractivity contribution < 1.29 is 12.8 Å². The van der Waals surface area contributed by atoms with Gasteiger partial charge in [0, 0.05) is 6.04 Å². The van der Waals surface area contributed by atoms with Crippen LogP contribution in [0.5, 0.6) is 0 Å². The number of benzene rings is 1. The van der Waals surface area contributed by atoms with Crippen LogP contribution >= 0.6 is 15.9 Å². The number of hydrogen-bond acceptors (Lipinski definition) is 2. The van der Waals surface area contributed by atoms with Crippen LogP contribution in [0.2, 0.25) is 0 Å². The van der Waals surface area contributed by atoms with Gasteiger partial charge < -0.3 is 0 Å². The van der Waals surface area contributed by atoms with Gasteiger partial charge in [-0.1, -0.05) is 0 Å². The van der Waals surface area contributed by atoms with Gasteiger partial charge >= 0.3 is 0 Å². The van der Waals surface area contributed by atoms with Gasteiger partial charge in [-0.2, -0.15) is 0 Å². The Labute approximate surface area is 96.9 Å². The molecule has 0 saturated carbocycles. The van der Waals surface area contributed by atoms with Crippen molar-refractivity contribution in [2.45, 2.75) is 24.8 Å². The highest BCUT2D eigenvalue weighted by atomic mass is 79.9. The monoisotopic (exact) mass is 295 g/mol. The third-order valence-electron chi connectivity index (χ3n) is 1.59. The fourth-order valence-electron chi connectivity index (χ4n) is 1.02. The molecule has 0 radical (unpaired) electrons. The molecule has 0 saturated heterocycles. The fraction of sp³-hybridized carbons (Fsp3) is 0.333. The predicted octanol–water partition coefficient (Wildman–Crippen LogP) is 2.27. The van der Waals surface area contributed by atoms with Crippen LogP contribution in [0.4, 0.5) is 4.39 Å². The maximum Gasteiger partial charge on any atom is 0.240 e. The summed E-state index contributed by atoms with van der Waals surface area (Å²) < 4.78 is 38.7. The Bertz CT molecular complexity index is 459. The van der Waals surface area contributed by atoms with Crippen molar-refractivity contribution in [3.8, 4) is 0 Å². The van der Waals surface area contributed by atoms with Crippen molar-refractivity contribution >= 4 is 26.0 Å². The molecule has 0 bridgehead atoms. The van der Waals surface area contributed by atoms with Gasteiger partial charge in [0.15, 0.2) is 0 Å². The third-order valence-corrected chi connectivity index (χ3v) is 3.86. The zero-order valence-electron chi connectivity index (χ0n) is 8.29. The van der Waals surface area contributed by atoms with Gasteiger partial charge in [-0.15, -0.1) is 0 Å². The highest BCUT2D eigenvalue weighted by molar-refractivity contribution is 9.10. The van der Waals surface area contributed by atoms with E-state index in [4.69, 9.17) is 0 Å². The molecule has 1 aromatic carbocycles. The molecule has 0 heterocycles. The van der Waals surface area contributed by atoms with Crippen molar-refractivity contribution in [1.29, 1.82) is 0 Å². The predicted molar refractivity (Wildman–Crippen MR) is 59.6 cm³/mol. The van der Waals surface area contributed by atoms with E-state index in [0.717, 1.165) is 6.07 Å². The Morgan fingerprint density at radius 2 is 2.00 bits per heavy atom. The van der Waals surface area contributed by atoms with Crippen LogP contribution in [0.25, 0.3) is 0 Å². The second-order valence-electron chi connectivity index (χ2n) is 3.35. The smallest absolute Gasteiger partial charge is 0.209 e. The van der Waals surface area contributed by atoms with Crippen molar-refractivity contribution in [3.05, 3.63) is 28.5 Å². The van der Waals surface area contributed by atoms with Gasteiger partial charge in [0.1, 0.15) is 5.82 Å². The molecule has 3 nitrogen and oxygen atoms in total. The molecule has 15 heavy (non-hydrogen) atoms. The number of sulfonamides is 1. The normalized spacial score (nSPS) is 12.1. The Morgan fingerprint density at radius 1 is 1.40 bits per heavy atom. The second-order valence-corrected chi connectivity index (χ2v) is 5.92. The van der Waals surface area contributed by atoms with Crippen LogP contribution in [-0.4, -0.2) is 14.5 Å². The molecule has 0 aliphatic carbocycles. The molecule has 0 aliphatic rings. The standard InChI is InChI=1S/C9H11BrFNO2S/c1-6(2)12-15(13,14)7-3-4-9(11)8(10)5-7/h3-6,12H,1-2H3. The first kappa shape index (κ1) is 12.6. The summed E-state index contributed by atoms with van der Waals surface area (Å²) in [5.74, 6) is -0.488. The van der Waals surface area contributed by atoms with E-state index in [9.17, 15) is 12.8 Å². The molecule has 0 atom stereocenters. The summed E-state index contributed by atoms with van der Waals surface area (Å²) in [7, 11) is -3.55. The summed E-state index contributed by atoms with van der Waals surface area (Å²) in [6.45, 7) is 3.44. The molecule has 0 aliphatic heterocycles. The van der Waals surface area contributed by atoms with Crippen molar-refractivity contribution in [1.82, 2.24) is 4.72 Å². The van der Waals surface area contributed by atoms with Crippen molar-refractivity contribution in [2.75, 3.05) is 0 Å². The van der Waals surface area contributed by atoms with Crippen LogP contribution in [0.3, 0.4) is 0 Å². The van der Waals surface area contributed by atoms with E-state index >= 15 is 0 Å². The lowest BCUT2D eigenvalue weighted by atomic mass is 10.3. The van der Waals surface area contributed by atoms with Gasteiger partial charge in [0.05, 0.1) is 9.37 Å². The number of nitrogens with one attached hydrogen (secondary N) is 1. The lowest BCUT2D eigenvalue weighted by Crippen LogP contribution is -2.30. The minimum absolute atomic E-state index is 0.0458. The molecule has 0 fully saturated rings. The lowest BCUT2D eigenvalue weighted by Gasteiger charge is -2.09. The number of halogens is 2. The highest BCUT2D eigenvalue weighted by Crippen LogP contribution is 2.19. The Balaban J connectivity index is 3.11. The summed E-state index contributed by atoms with van der Waals surface area (Å²) in [4.78, 5) is 0.0458. The van der Waals surface area contributed by atoms with Gasteiger partial charge in [0.25, 0.3) is 0 Å². The van der Waals surface area contributed by atoms with Gasteiger partial charge in [0.2, 0.25) is 10.0 Å². The zero-order valence-corrected chi connectivity index (χ0v) is 10.7. The molecular formula is C9H11BrFNO2S. The average Bonchev–Trinajstić information content (AvgIpc) is 2.07. The largest absolute Gasteiger partial charge is 0.240 e. The Morgan fingerprint density at radius 3 is 2.47 bits per heavy atom. The molecule has 1 N–H and O–H groups in total. The summed E-state index contributed by atoms with van der Waals surface area (Å²) in [5, 5.41) is 0. The maximum absolute atomic E-state index is 12.9. The maximum atomic E-state index is 12.9. The lowest BCUT2D eigenvalue weighted by molar-refractivity contribution is 0.569. The van der Waals surface area contributed by atoms with Crippen molar-refractivity contribution in [2.24, 2.45) is 0 Å². The second kappa shape index (κ2) is 4.59. The van der Waals surface area contributed by atoms with E-state index < -0.39 is 15.8 Å². The zero-order chi connectivity index (χ0) is 11.6. The minimum atomic E-state index is -3.55. The quantitative estimate of drug-likeness (QED) is 0.930. The molecule has 1 rings (SSSR count). The van der Waals surface area contributed by atoms with Gasteiger partial charge in [-0.25, -0.2) is 17.5 Å². The molecule has 6 heteroatoms.